The largest absolute Gasteiger partial charge is 0.370 e. The minimum atomic E-state index is -0.178. The third kappa shape index (κ3) is 3.43. The van der Waals surface area contributed by atoms with Crippen LogP contribution in [-0.4, -0.2) is 47.2 Å². The van der Waals surface area contributed by atoms with Crippen molar-refractivity contribution in [2.24, 2.45) is 5.92 Å². The van der Waals surface area contributed by atoms with Crippen LogP contribution in [0.3, 0.4) is 0 Å². The third-order valence-electron chi connectivity index (χ3n) is 4.46. The molecule has 6 nitrogen and oxygen atoms in total. The first-order chi connectivity index (χ1) is 10.2. The number of amides is 1. The van der Waals surface area contributed by atoms with Crippen LogP contribution in [0.4, 0.5) is 5.69 Å². The van der Waals surface area contributed by atoms with Crippen molar-refractivity contribution < 1.29 is 4.79 Å². The van der Waals surface area contributed by atoms with Gasteiger partial charge in [0.2, 0.25) is 5.91 Å². The maximum absolute atomic E-state index is 12.3. The molecule has 0 aromatic carbocycles. The van der Waals surface area contributed by atoms with Gasteiger partial charge in [0.1, 0.15) is 0 Å². The minimum Gasteiger partial charge on any atom is -0.370 e. The van der Waals surface area contributed by atoms with Crippen LogP contribution in [0.5, 0.6) is 0 Å². The molecule has 114 valence electrons. The molecule has 3 heterocycles. The number of H-pyrrole nitrogens is 1. The number of carbonyl (C=O) groups is 1. The van der Waals surface area contributed by atoms with Gasteiger partial charge in [-0.3, -0.25) is 9.59 Å². The average Bonchev–Trinajstić information content (AvgIpc) is 3.02. The summed E-state index contributed by atoms with van der Waals surface area (Å²) in [6.45, 7) is 3.62. The monoisotopic (exact) mass is 290 g/mol. The fourth-order valence-electron chi connectivity index (χ4n) is 3.35. The van der Waals surface area contributed by atoms with E-state index in [1.54, 1.807) is 12.3 Å². The molecule has 1 amide bonds. The lowest BCUT2D eigenvalue weighted by Gasteiger charge is -2.34. The van der Waals surface area contributed by atoms with Gasteiger partial charge in [0, 0.05) is 38.7 Å². The number of nitrogens with one attached hydrogen (secondary N) is 1. The van der Waals surface area contributed by atoms with E-state index in [0.717, 1.165) is 57.5 Å². The summed E-state index contributed by atoms with van der Waals surface area (Å²) in [7, 11) is 0. The van der Waals surface area contributed by atoms with Crippen molar-refractivity contribution in [3.63, 3.8) is 0 Å². The second-order valence-corrected chi connectivity index (χ2v) is 6.05. The highest BCUT2D eigenvalue weighted by molar-refractivity contribution is 5.76. The van der Waals surface area contributed by atoms with E-state index < -0.39 is 0 Å². The number of anilines is 1. The Morgan fingerprint density at radius 2 is 2.10 bits per heavy atom. The molecule has 0 spiro atoms. The summed E-state index contributed by atoms with van der Waals surface area (Å²) in [6, 6.07) is 1.58. The van der Waals surface area contributed by atoms with E-state index in [9.17, 15) is 9.59 Å². The van der Waals surface area contributed by atoms with Gasteiger partial charge in [0.05, 0.1) is 11.9 Å². The number of rotatable bonds is 3. The molecular formula is C15H22N4O2. The molecule has 0 bridgehead atoms. The first-order valence-corrected chi connectivity index (χ1v) is 7.80. The number of likely N-dealkylation sites (tertiary alicyclic amines) is 1. The number of piperidine rings is 1. The van der Waals surface area contributed by atoms with Gasteiger partial charge in [0.15, 0.2) is 0 Å². The van der Waals surface area contributed by atoms with E-state index >= 15 is 0 Å². The van der Waals surface area contributed by atoms with Gasteiger partial charge in [-0.2, -0.15) is 5.10 Å². The molecule has 6 heteroatoms. The number of hydrogen-bond donors (Lipinski definition) is 1. The summed E-state index contributed by atoms with van der Waals surface area (Å²) in [4.78, 5) is 27.8. The van der Waals surface area contributed by atoms with Crippen LogP contribution < -0.4 is 10.5 Å². The number of carbonyl (C=O) groups excluding carboxylic acids is 1. The second-order valence-electron chi connectivity index (χ2n) is 6.05. The summed E-state index contributed by atoms with van der Waals surface area (Å²) < 4.78 is 0. The van der Waals surface area contributed by atoms with E-state index in [-0.39, 0.29) is 5.56 Å². The van der Waals surface area contributed by atoms with Crippen LogP contribution in [0, 0.1) is 5.92 Å². The molecular weight excluding hydrogens is 268 g/mol. The van der Waals surface area contributed by atoms with E-state index in [4.69, 9.17) is 0 Å². The highest BCUT2D eigenvalue weighted by atomic mass is 16.2. The summed E-state index contributed by atoms with van der Waals surface area (Å²) in [5.41, 5.74) is 0.680. The molecule has 1 unspecified atom stereocenters. The van der Waals surface area contributed by atoms with Crippen molar-refractivity contribution >= 4 is 11.6 Å². The quantitative estimate of drug-likeness (QED) is 0.901. The van der Waals surface area contributed by atoms with Crippen LogP contribution in [0.15, 0.2) is 17.1 Å². The summed E-state index contributed by atoms with van der Waals surface area (Å²) >= 11 is 0. The van der Waals surface area contributed by atoms with Crippen molar-refractivity contribution in [1.82, 2.24) is 15.1 Å². The van der Waals surface area contributed by atoms with Crippen LogP contribution in [0.2, 0.25) is 0 Å². The molecule has 2 fully saturated rings. The fourth-order valence-corrected chi connectivity index (χ4v) is 3.35. The Morgan fingerprint density at radius 1 is 1.29 bits per heavy atom. The lowest BCUT2D eigenvalue weighted by molar-refractivity contribution is -0.131. The molecule has 1 aromatic heterocycles. The molecule has 21 heavy (non-hydrogen) atoms. The first-order valence-electron chi connectivity index (χ1n) is 7.80. The lowest BCUT2D eigenvalue weighted by atomic mass is 9.94. The second kappa shape index (κ2) is 6.28. The normalized spacial score (nSPS) is 22.6. The number of aromatic nitrogens is 2. The zero-order chi connectivity index (χ0) is 14.7. The van der Waals surface area contributed by atoms with Gasteiger partial charge in [-0.25, -0.2) is 5.10 Å². The molecule has 2 saturated heterocycles. The van der Waals surface area contributed by atoms with Crippen molar-refractivity contribution in [1.29, 1.82) is 0 Å². The predicted octanol–water partition coefficient (Wildman–Crippen LogP) is 0.999. The van der Waals surface area contributed by atoms with Crippen molar-refractivity contribution in [3.05, 3.63) is 22.6 Å². The first kappa shape index (κ1) is 14.1. The maximum Gasteiger partial charge on any atom is 0.266 e. The Bertz CT molecular complexity index is 551. The van der Waals surface area contributed by atoms with Gasteiger partial charge in [-0.15, -0.1) is 0 Å². The standard InChI is InChI=1S/C15H22N4O2/c20-14-9-13(10-16-17-14)19-7-3-4-12(11-19)8-15(21)18-5-1-2-6-18/h9-10,12H,1-8,11H2,(H,17,20). The molecule has 3 rings (SSSR count). The molecule has 1 atom stereocenters. The molecule has 0 aliphatic carbocycles. The summed E-state index contributed by atoms with van der Waals surface area (Å²) in [6.07, 6.45) is 6.75. The molecule has 1 aromatic rings. The summed E-state index contributed by atoms with van der Waals surface area (Å²) in [5.74, 6) is 0.675. The van der Waals surface area contributed by atoms with Gasteiger partial charge in [-0.05, 0) is 31.6 Å². The van der Waals surface area contributed by atoms with E-state index in [1.807, 2.05) is 4.90 Å². The third-order valence-corrected chi connectivity index (χ3v) is 4.46. The van der Waals surface area contributed by atoms with Crippen molar-refractivity contribution in [3.8, 4) is 0 Å². The molecule has 1 N–H and O–H groups in total. The zero-order valence-electron chi connectivity index (χ0n) is 12.3. The zero-order valence-corrected chi connectivity index (χ0v) is 12.3. The van der Waals surface area contributed by atoms with Crippen LogP contribution in [-0.2, 0) is 4.79 Å². The Morgan fingerprint density at radius 3 is 2.86 bits per heavy atom. The average molecular weight is 290 g/mol. The highest BCUT2D eigenvalue weighted by Gasteiger charge is 2.26. The molecule has 0 saturated carbocycles. The maximum atomic E-state index is 12.3. The Kier molecular flexibility index (Phi) is 4.22. The minimum absolute atomic E-state index is 0.178. The van der Waals surface area contributed by atoms with Crippen molar-refractivity contribution in [2.75, 3.05) is 31.1 Å². The van der Waals surface area contributed by atoms with Crippen LogP contribution in [0.1, 0.15) is 32.1 Å². The molecule has 0 radical (unpaired) electrons. The molecule has 2 aliphatic rings. The van der Waals surface area contributed by atoms with Crippen molar-refractivity contribution in [2.45, 2.75) is 32.1 Å². The van der Waals surface area contributed by atoms with Crippen LogP contribution in [0.25, 0.3) is 0 Å². The lowest BCUT2D eigenvalue weighted by Crippen LogP contribution is -2.39. The predicted molar refractivity (Wildman–Crippen MR) is 80.2 cm³/mol. The van der Waals surface area contributed by atoms with Gasteiger partial charge >= 0.3 is 0 Å². The van der Waals surface area contributed by atoms with Gasteiger partial charge in [0.25, 0.3) is 5.56 Å². The number of aromatic amines is 1. The Hall–Kier alpha value is -1.85. The summed E-state index contributed by atoms with van der Waals surface area (Å²) in [5, 5.41) is 6.25. The number of hydrogen-bond acceptors (Lipinski definition) is 4. The SMILES string of the molecule is O=C(CC1CCCN(c2cn[nH]c(=O)c2)C1)N1CCCC1. The smallest absolute Gasteiger partial charge is 0.266 e. The van der Waals surface area contributed by atoms with E-state index in [0.29, 0.717) is 18.2 Å². The fraction of sp³-hybridized carbons (Fsp3) is 0.667. The molecule has 2 aliphatic heterocycles. The van der Waals surface area contributed by atoms with Gasteiger partial charge < -0.3 is 9.80 Å². The van der Waals surface area contributed by atoms with E-state index in [2.05, 4.69) is 15.1 Å². The number of nitrogens with zero attached hydrogens (tertiary/aromatic N) is 3. The van der Waals surface area contributed by atoms with Gasteiger partial charge in [-0.1, -0.05) is 0 Å². The Balaban J connectivity index is 1.60. The topological polar surface area (TPSA) is 69.3 Å². The van der Waals surface area contributed by atoms with E-state index in [1.165, 1.54) is 0 Å². The highest BCUT2D eigenvalue weighted by Crippen LogP contribution is 2.25. The van der Waals surface area contributed by atoms with Crippen LogP contribution >= 0.6 is 0 Å². The Labute approximate surface area is 124 Å².